The van der Waals surface area contributed by atoms with Crippen molar-refractivity contribution < 1.29 is 9.90 Å². The second kappa shape index (κ2) is 10.9. The van der Waals surface area contributed by atoms with Crippen LogP contribution in [0.15, 0.2) is 85.5 Å². The van der Waals surface area contributed by atoms with Crippen molar-refractivity contribution in [2.24, 2.45) is 0 Å². The Morgan fingerprint density at radius 2 is 1.74 bits per heavy atom. The van der Waals surface area contributed by atoms with Crippen molar-refractivity contribution in [3.05, 3.63) is 108 Å². The Balaban J connectivity index is 1.69. The summed E-state index contributed by atoms with van der Waals surface area (Å²) in [6, 6.07) is 23.7. The molecular formula is C30H35N3O2. The van der Waals surface area contributed by atoms with Gasteiger partial charge in [-0.15, -0.1) is 6.58 Å². The van der Waals surface area contributed by atoms with Crippen LogP contribution in [0.3, 0.4) is 0 Å². The zero-order chi connectivity index (χ0) is 24.9. The molecule has 0 aromatic heterocycles. The van der Waals surface area contributed by atoms with Crippen molar-refractivity contribution in [3.63, 3.8) is 0 Å². The van der Waals surface area contributed by atoms with E-state index in [1.807, 2.05) is 67.6 Å². The molecule has 0 radical (unpaired) electrons. The number of piperazine rings is 1. The third kappa shape index (κ3) is 5.64. The molecule has 1 aliphatic rings. The summed E-state index contributed by atoms with van der Waals surface area (Å²) in [6.07, 6.45) is 1.96. The molecule has 3 aromatic rings. The number of para-hydroxylation sites is 1. The van der Waals surface area contributed by atoms with Crippen LogP contribution >= 0.6 is 0 Å². The molecule has 3 aromatic carbocycles. The number of aryl methyl sites for hydroxylation is 1. The monoisotopic (exact) mass is 469 g/mol. The lowest BCUT2D eigenvalue weighted by Crippen LogP contribution is -2.57. The summed E-state index contributed by atoms with van der Waals surface area (Å²) in [5.74, 6) is 0.111. The van der Waals surface area contributed by atoms with Crippen molar-refractivity contribution >= 4 is 11.6 Å². The minimum absolute atomic E-state index is 0.0864. The van der Waals surface area contributed by atoms with Crippen molar-refractivity contribution in [1.29, 1.82) is 0 Å². The number of aromatic hydroxyl groups is 1. The lowest BCUT2D eigenvalue weighted by molar-refractivity contribution is 0.0306. The average molecular weight is 470 g/mol. The molecule has 0 spiro atoms. The van der Waals surface area contributed by atoms with Gasteiger partial charge in [0.2, 0.25) is 0 Å². The van der Waals surface area contributed by atoms with Crippen LogP contribution in [-0.4, -0.2) is 52.5 Å². The number of nitrogens with zero attached hydrogens (tertiary/aromatic N) is 2. The van der Waals surface area contributed by atoms with Crippen LogP contribution in [0.2, 0.25) is 0 Å². The van der Waals surface area contributed by atoms with Crippen LogP contribution in [0.5, 0.6) is 5.75 Å². The number of amides is 1. The molecule has 5 nitrogen and oxygen atoms in total. The second-order valence-electron chi connectivity index (χ2n) is 9.53. The summed E-state index contributed by atoms with van der Waals surface area (Å²) in [6.45, 7) is 13.0. The molecule has 0 saturated carbocycles. The average Bonchev–Trinajstić information content (AvgIpc) is 2.84. The molecule has 0 aliphatic carbocycles. The number of carbonyl (C=O) groups excluding carboxylic acids is 1. The number of benzene rings is 3. The summed E-state index contributed by atoms with van der Waals surface area (Å²) in [4.78, 5) is 18.1. The molecule has 1 saturated heterocycles. The molecule has 0 bridgehead atoms. The number of phenols is 1. The first-order valence-corrected chi connectivity index (χ1v) is 12.2. The zero-order valence-corrected chi connectivity index (χ0v) is 20.8. The van der Waals surface area contributed by atoms with E-state index in [1.54, 1.807) is 6.07 Å². The van der Waals surface area contributed by atoms with Gasteiger partial charge in [-0.2, -0.15) is 0 Å². The molecule has 3 atom stereocenters. The van der Waals surface area contributed by atoms with Crippen molar-refractivity contribution in [3.8, 4) is 5.75 Å². The van der Waals surface area contributed by atoms with E-state index < -0.39 is 0 Å². The van der Waals surface area contributed by atoms with Gasteiger partial charge in [-0.1, -0.05) is 48.5 Å². The maximum Gasteiger partial charge on any atom is 0.255 e. The molecule has 4 rings (SSSR count). The fraction of sp³-hybridized carbons (Fsp3) is 0.300. The standard InChI is InChI=1S/C30H35N3O2/c1-5-16-32-19-23(4)33(20-22(32)3)29(25-12-9-14-27(34)18-25)24-11-8-13-26(17-24)30(35)31-28-15-7-6-10-21(28)2/h5-15,17-18,22-23,29,34H,1,16,19-20H2,2-4H3,(H,31,35)/t22-,23+,29+/m1/s1. The lowest BCUT2D eigenvalue weighted by atomic mass is 9.92. The maximum atomic E-state index is 13.2. The summed E-state index contributed by atoms with van der Waals surface area (Å²) in [7, 11) is 0. The molecule has 2 N–H and O–H groups in total. The van der Waals surface area contributed by atoms with Gasteiger partial charge in [-0.25, -0.2) is 0 Å². The lowest BCUT2D eigenvalue weighted by Gasteiger charge is -2.47. The number of nitrogens with one attached hydrogen (secondary N) is 1. The smallest absolute Gasteiger partial charge is 0.255 e. The normalized spacial score (nSPS) is 19.7. The Kier molecular flexibility index (Phi) is 7.69. The number of rotatable bonds is 7. The molecular weight excluding hydrogens is 434 g/mol. The van der Waals surface area contributed by atoms with Crippen molar-refractivity contribution in [1.82, 2.24) is 9.80 Å². The topological polar surface area (TPSA) is 55.8 Å². The number of phenolic OH excluding ortho intramolecular Hbond substituents is 1. The second-order valence-corrected chi connectivity index (χ2v) is 9.53. The Labute approximate surface area is 208 Å². The van der Waals surface area contributed by atoms with E-state index in [4.69, 9.17) is 0 Å². The fourth-order valence-corrected chi connectivity index (χ4v) is 5.03. The highest BCUT2D eigenvalue weighted by Crippen LogP contribution is 2.35. The summed E-state index contributed by atoms with van der Waals surface area (Å²) >= 11 is 0. The Hall–Kier alpha value is -3.41. The van der Waals surface area contributed by atoms with E-state index in [1.165, 1.54) is 0 Å². The minimum atomic E-state index is -0.131. The maximum absolute atomic E-state index is 13.2. The quantitative estimate of drug-likeness (QED) is 0.441. The highest BCUT2D eigenvalue weighted by Gasteiger charge is 2.34. The first kappa shape index (κ1) is 24.7. The van der Waals surface area contributed by atoms with Crippen LogP contribution in [-0.2, 0) is 0 Å². The van der Waals surface area contributed by atoms with Gasteiger partial charge in [0.05, 0.1) is 6.04 Å². The summed E-state index contributed by atoms with van der Waals surface area (Å²) in [5.41, 5.74) is 4.49. The number of anilines is 1. The van der Waals surface area contributed by atoms with E-state index in [0.29, 0.717) is 11.6 Å². The molecule has 1 aliphatic heterocycles. The first-order chi connectivity index (χ1) is 16.9. The number of hydrogen-bond donors (Lipinski definition) is 2. The Morgan fingerprint density at radius 3 is 2.46 bits per heavy atom. The largest absolute Gasteiger partial charge is 0.508 e. The predicted octanol–water partition coefficient (Wildman–Crippen LogP) is 5.62. The van der Waals surface area contributed by atoms with Gasteiger partial charge in [-0.05, 0) is 67.8 Å². The number of carbonyl (C=O) groups is 1. The van der Waals surface area contributed by atoms with Crippen molar-refractivity contribution in [2.45, 2.75) is 38.9 Å². The zero-order valence-electron chi connectivity index (χ0n) is 20.8. The van der Waals surface area contributed by atoms with Gasteiger partial charge in [-0.3, -0.25) is 14.6 Å². The third-order valence-electron chi connectivity index (χ3n) is 6.90. The van der Waals surface area contributed by atoms with E-state index in [-0.39, 0.29) is 23.7 Å². The van der Waals surface area contributed by atoms with Crippen LogP contribution in [0.25, 0.3) is 0 Å². The highest BCUT2D eigenvalue weighted by atomic mass is 16.3. The van der Waals surface area contributed by atoms with Gasteiger partial charge >= 0.3 is 0 Å². The molecule has 35 heavy (non-hydrogen) atoms. The molecule has 5 heteroatoms. The molecule has 0 unspecified atom stereocenters. The summed E-state index contributed by atoms with van der Waals surface area (Å²) < 4.78 is 0. The molecule has 1 heterocycles. The first-order valence-electron chi connectivity index (χ1n) is 12.2. The van der Waals surface area contributed by atoms with Gasteiger partial charge in [0.25, 0.3) is 5.91 Å². The third-order valence-corrected chi connectivity index (χ3v) is 6.90. The Morgan fingerprint density at radius 1 is 1.03 bits per heavy atom. The van der Waals surface area contributed by atoms with Crippen LogP contribution in [0, 0.1) is 6.92 Å². The Bertz CT molecular complexity index is 1190. The van der Waals surface area contributed by atoms with Crippen molar-refractivity contribution in [2.75, 3.05) is 25.0 Å². The van der Waals surface area contributed by atoms with E-state index in [2.05, 4.69) is 47.7 Å². The van der Waals surface area contributed by atoms with Gasteiger partial charge < -0.3 is 10.4 Å². The van der Waals surface area contributed by atoms with E-state index >= 15 is 0 Å². The van der Waals surface area contributed by atoms with Gasteiger partial charge in [0.15, 0.2) is 0 Å². The predicted molar refractivity (Wildman–Crippen MR) is 143 cm³/mol. The SMILES string of the molecule is C=CCN1C[C@H](C)N([C@H](c2cccc(O)c2)c2cccc(C(=O)Nc3ccccc3C)c2)C[C@H]1C. The molecule has 182 valence electrons. The minimum Gasteiger partial charge on any atom is -0.508 e. The van der Waals surface area contributed by atoms with Crippen LogP contribution in [0.1, 0.15) is 46.9 Å². The van der Waals surface area contributed by atoms with Gasteiger partial charge in [0.1, 0.15) is 5.75 Å². The van der Waals surface area contributed by atoms with Crippen LogP contribution < -0.4 is 5.32 Å². The highest BCUT2D eigenvalue weighted by molar-refractivity contribution is 6.04. The van der Waals surface area contributed by atoms with Crippen LogP contribution in [0.4, 0.5) is 5.69 Å². The fourth-order valence-electron chi connectivity index (χ4n) is 5.03. The van der Waals surface area contributed by atoms with E-state index in [9.17, 15) is 9.90 Å². The number of hydrogen-bond acceptors (Lipinski definition) is 4. The van der Waals surface area contributed by atoms with Gasteiger partial charge in [0, 0.05) is 43.0 Å². The van der Waals surface area contributed by atoms with E-state index in [0.717, 1.165) is 42.0 Å². The summed E-state index contributed by atoms with van der Waals surface area (Å²) in [5, 5.41) is 13.3. The molecule has 1 amide bonds. The molecule has 1 fully saturated rings.